The van der Waals surface area contributed by atoms with Crippen LogP contribution >= 0.6 is 0 Å². The van der Waals surface area contributed by atoms with Crippen molar-refractivity contribution in [2.24, 2.45) is 0 Å². The Morgan fingerprint density at radius 2 is 1.74 bits per heavy atom. The summed E-state index contributed by atoms with van der Waals surface area (Å²) in [5.74, 6) is 0.256. The molecule has 0 fully saturated rings. The molecule has 144 valence electrons. The zero-order valence-corrected chi connectivity index (χ0v) is 16.3. The smallest absolute Gasteiger partial charge is 0.261 e. The maximum atomic E-state index is 12.8. The zero-order chi connectivity index (χ0) is 19.6. The van der Waals surface area contributed by atoms with Crippen molar-refractivity contribution in [2.75, 3.05) is 13.2 Å². The second kappa shape index (κ2) is 10.4. The predicted octanol–water partition coefficient (Wildman–Crippen LogP) is 3.32. The maximum Gasteiger partial charge on any atom is 0.261 e. The maximum absolute atomic E-state index is 12.8. The lowest BCUT2D eigenvalue weighted by molar-refractivity contribution is -0.142. The lowest BCUT2D eigenvalue weighted by Crippen LogP contribution is -2.49. The molecular weight excluding hydrogens is 340 g/mol. The van der Waals surface area contributed by atoms with Crippen LogP contribution in [0.1, 0.15) is 31.4 Å². The van der Waals surface area contributed by atoms with Crippen molar-refractivity contribution in [2.45, 2.75) is 39.8 Å². The number of aryl methyl sites for hydroxylation is 1. The summed E-state index contributed by atoms with van der Waals surface area (Å²) in [4.78, 5) is 26.8. The zero-order valence-electron chi connectivity index (χ0n) is 16.3. The molecule has 0 saturated carbocycles. The average molecular weight is 368 g/mol. The van der Waals surface area contributed by atoms with E-state index in [1.54, 1.807) is 11.8 Å². The third kappa shape index (κ3) is 6.44. The Morgan fingerprint density at radius 3 is 2.37 bits per heavy atom. The minimum Gasteiger partial charge on any atom is -0.484 e. The standard InChI is InChI=1S/C22H28N2O3/c1-4-14-23-22(26)18(3)24(15-19-8-6-5-7-9-19)21(25)16-27-20-12-10-17(2)11-13-20/h5-13,18H,4,14-16H2,1-3H3,(H,23,26)/t18-/m0/s1. The molecule has 5 nitrogen and oxygen atoms in total. The summed E-state index contributed by atoms with van der Waals surface area (Å²) in [7, 11) is 0. The van der Waals surface area contributed by atoms with E-state index in [9.17, 15) is 9.59 Å². The Balaban J connectivity index is 2.08. The molecule has 1 atom stereocenters. The number of hydrogen-bond donors (Lipinski definition) is 1. The van der Waals surface area contributed by atoms with Gasteiger partial charge in [0, 0.05) is 13.1 Å². The largest absolute Gasteiger partial charge is 0.484 e. The van der Waals surface area contributed by atoms with E-state index in [0.29, 0.717) is 18.8 Å². The predicted molar refractivity (Wildman–Crippen MR) is 106 cm³/mol. The molecule has 2 aromatic carbocycles. The first-order valence-electron chi connectivity index (χ1n) is 9.31. The Hall–Kier alpha value is -2.82. The van der Waals surface area contributed by atoms with Gasteiger partial charge in [0.2, 0.25) is 5.91 Å². The summed E-state index contributed by atoms with van der Waals surface area (Å²) in [6.45, 7) is 6.58. The third-order valence-corrected chi connectivity index (χ3v) is 4.30. The van der Waals surface area contributed by atoms with Crippen LogP contribution in [-0.2, 0) is 16.1 Å². The highest BCUT2D eigenvalue weighted by Crippen LogP contribution is 2.13. The van der Waals surface area contributed by atoms with Gasteiger partial charge in [-0.15, -0.1) is 0 Å². The van der Waals surface area contributed by atoms with Crippen LogP contribution in [0, 0.1) is 6.92 Å². The first kappa shape index (κ1) is 20.5. The van der Waals surface area contributed by atoms with E-state index >= 15 is 0 Å². The molecule has 0 aliphatic rings. The molecule has 0 radical (unpaired) electrons. The molecule has 0 spiro atoms. The molecule has 2 rings (SSSR count). The van der Waals surface area contributed by atoms with Gasteiger partial charge in [-0.1, -0.05) is 55.0 Å². The molecule has 0 aromatic heterocycles. The van der Waals surface area contributed by atoms with Crippen molar-refractivity contribution in [3.8, 4) is 5.75 Å². The molecule has 2 amide bonds. The molecule has 0 heterocycles. The van der Waals surface area contributed by atoms with Crippen LogP contribution in [-0.4, -0.2) is 35.9 Å². The second-order valence-corrected chi connectivity index (χ2v) is 6.58. The summed E-state index contributed by atoms with van der Waals surface area (Å²) >= 11 is 0. The number of rotatable bonds is 9. The highest BCUT2D eigenvalue weighted by atomic mass is 16.5. The average Bonchev–Trinajstić information content (AvgIpc) is 2.69. The number of amides is 2. The van der Waals surface area contributed by atoms with Gasteiger partial charge in [0.15, 0.2) is 6.61 Å². The van der Waals surface area contributed by atoms with E-state index < -0.39 is 6.04 Å². The fraction of sp³-hybridized carbons (Fsp3) is 0.364. The van der Waals surface area contributed by atoms with Crippen LogP contribution in [0.25, 0.3) is 0 Å². The number of benzene rings is 2. The minimum atomic E-state index is -0.578. The van der Waals surface area contributed by atoms with E-state index in [-0.39, 0.29) is 18.4 Å². The molecule has 1 N–H and O–H groups in total. The van der Waals surface area contributed by atoms with Gasteiger partial charge in [-0.2, -0.15) is 0 Å². The number of nitrogens with one attached hydrogen (secondary N) is 1. The van der Waals surface area contributed by atoms with E-state index in [0.717, 1.165) is 17.5 Å². The quantitative estimate of drug-likeness (QED) is 0.739. The van der Waals surface area contributed by atoms with Crippen molar-refractivity contribution >= 4 is 11.8 Å². The number of carbonyl (C=O) groups excluding carboxylic acids is 2. The SMILES string of the molecule is CCCNC(=O)[C@H](C)N(Cc1ccccc1)C(=O)COc1ccc(C)cc1. The summed E-state index contributed by atoms with van der Waals surface area (Å²) in [5, 5.41) is 2.86. The summed E-state index contributed by atoms with van der Waals surface area (Å²) in [5.41, 5.74) is 2.09. The highest BCUT2D eigenvalue weighted by Gasteiger charge is 2.26. The van der Waals surface area contributed by atoms with Crippen molar-refractivity contribution in [1.82, 2.24) is 10.2 Å². The molecule has 0 unspecified atom stereocenters. The Kier molecular flexibility index (Phi) is 7.86. The molecule has 0 bridgehead atoms. The van der Waals surface area contributed by atoms with Crippen LogP contribution < -0.4 is 10.1 Å². The fourth-order valence-corrected chi connectivity index (χ4v) is 2.62. The second-order valence-electron chi connectivity index (χ2n) is 6.58. The van der Waals surface area contributed by atoms with E-state index in [4.69, 9.17) is 4.74 Å². The molecule has 27 heavy (non-hydrogen) atoms. The summed E-state index contributed by atoms with van der Waals surface area (Å²) in [6.07, 6.45) is 0.849. The van der Waals surface area contributed by atoms with Crippen LogP contribution in [0.5, 0.6) is 5.75 Å². The van der Waals surface area contributed by atoms with Crippen LogP contribution in [0.15, 0.2) is 54.6 Å². The van der Waals surface area contributed by atoms with Crippen LogP contribution in [0.4, 0.5) is 0 Å². The number of hydrogen-bond acceptors (Lipinski definition) is 3. The van der Waals surface area contributed by atoms with Gasteiger partial charge in [0.1, 0.15) is 11.8 Å². The van der Waals surface area contributed by atoms with Gasteiger partial charge >= 0.3 is 0 Å². The fourth-order valence-electron chi connectivity index (χ4n) is 2.62. The number of carbonyl (C=O) groups is 2. The van der Waals surface area contributed by atoms with Crippen molar-refractivity contribution < 1.29 is 14.3 Å². The van der Waals surface area contributed by atoms with Crippen molar-refractivity contribution in [1.29, 1.82) is 0 Å². The molecule has 0 aliphatic carbocycles. The van der Waals surface area contributed by atoms with E-state index in [1.165, 1.54) is 0 Å². The monoisotopic (exact) mass is 368 g/mol. The van der Waals surface area contributed by atoms with Crippen molar-refractivity contribution in [3.63, 3.8) is 0 Å². The van der Waals surface area contributed by atoms with Gasteiger partial charge < -0.3 is 15.0 Å². The van der Waals surface area contributed by atoms with E-state index in [1.807, 2.05) is 68.4 Å². The first-order valence-corrected chi connectivity index (χ1v) is 9.31. The summed E-state index contributed by atoms with van der Waals surface area (Å²) < 4.78 is 5.63. The van der Waals surface area contributed by atoms with Gasteiger partial charge in [-0.3, -0.25) is 9.59 Å². The van der Waals surface area contributed by atoms with Crippen LogP contribution in [0.3, 0.4) is 0 Å². The van der Waals surface area contributed by atoms with Crippen LogP contribution in [0.2, 0.25) is 0 Å². The van der Waals surface area contributed by atoms with Gasteiger partial charge in [0.25, 0.3) is 5.91 Å². The molecular formula is C22H28N2O3. The lowest BCUT2D eigenvalue weighted by Gasteiger charge is -2.28. The number of nitrogens with zero attached hydrogens (tertiary/aromatic N) is 1. The first-order chi connectivity index (χ1) is 13.0. The molecule has 0 aliphatic heterocycles. The topological polar surface area (TPSA) is 58.6 Å². The van der Waals surface area contributed by atoms with Gasteiger partial charge in [0.05, 0.1) is 0 Å². The van der Waals surface area contributed by atoms with Crippen molar-refractivity contribution in [3.05, 3.63) is 65.7 Å². The third-order valence-electron chi connectivity index (χ3n) is 4.30. The summed E-state index contributed by atoms with van der Waals surface area (Å²) in [6, 6.07) is 16.6. The molecule has 5 heteroatoms. The highest BCUT2D eigenvalue weighted by molar-refractivity contribution is 5.87. The Labute approximate surface area is 161 Å². The number of ether oxygens (including phenoxy) is 1. The molecule has 0 saturated heterocycles. The van der Waals surface area contributed by atoms with Gasteiger partial charge in [-0.25, -0.2) is 0 Å². The van der Waals surface area contributed by atoms with Gasteiger partial charge in [-0.05, 0) is 38.0 Å². The lowest BCUT2D eigenvalue weighted by atomic mass is 10.1. The minimum absolute atomic E-state index is 0.110. The molecule has 2 aromatic rings. The normalized spacial score (nSPS) is 11.5. The van der Waals surface area contributed by atoms with E-state index in [2.05, 4.69) is 5.32 Å². The Bertz CT molecular complexity index is 729. The Morgan fingerprint density at radius 1 is 1.07 bits per heavy atom.